The van der Waals surface area contributed by atoms with Crippen LogP contribution in [0.5, 0.6) is 0 Å². The lowest BCUT2D eigenvalue weighted by Gasteiger charge is -2.39. The van der Waals surface area contributed by atoms with E-state index in [1.54, 1.807) is 36.2 Å². The van der Waals surface area contributed by atoms with Gasteiger partial charge in [0.05, 0.1) is 11.0 Å². The second kappa shape index (κ2) is 7.46. The molecule has 0 radical (unpaired) electrons. The average molecular weight is 373 g/mol. The van der Waals surface area contributed by atoms with Gasteiger partial charge in [-0.1, -0.05) is 29.8 Å². The summed E-state index contributed by atoms with van der Waals surface area (Å²) in [6, 6.07) is 10.8. The summed E-state index contributed by atoms with van der Waals surface area (Å²) in [5, 5.41) is 10.5. The number of aromatic nitrogens is 1. The van der Waals surface area contributed by atoms with E-state index < -0.39 is 11.4 Å². The standard InChI is InChI=1S/C20H21ClN2O3/c1-14-16(6-4-10-22-14)18(24)23-11-8-20(9-12-23,19(25)26)13-15-5-2-3-7-17(15)21/h2-7,10H,8-9,11-13H2,1H3,(H,25,26). The number of hydrogen-bond acceptors (Lipinski definition) is 3. The van der Waals surface area contributed by atoms with Crippen molar-refractivity contribution >= 4 is 23.5 Å². The molecular formula is C20H21ClN2O3. The van der Waals surface area contributed by atoms with Gasteiger partial charge in [0.1, 0.15) is 0 Å². The van der Waals surface area contributed by atoms with E-state index in [9.17, 15) is 14.7 Å². The van der Waals surface area contributed by atoms with Crippen molar-refractivity contribution in [3.63, 3.8) is 0 Å². The third-order valence-corrected chi connectivity index (χ3v) is 5.55. The first-order valence-corrected chi connectivity index (χ1v) is 8.98. The lowest BCUT2D eigenvalue weighted by atomic mass is 9.73. The molecule has 1 aliphatic heterocycles. The number of halogens is 1. The van der Waals surface area contributed by atoms with Crippen molar-refractivity contribution in [1.82, 2.24) is 9.88 Å². The Kier molecular flexibility index (Phi) is 5.28. The molecule has 1 saturated heterocycles. The molecule has 136 valence electrons. The number of piperidine rings is 1. The van der Waals surface area contributed by atoms with Crippen LogP contribution in [0.2, 0.25) is 5.02 Å². The van der Waals surface area contributed by atoms with Crippen molar-refractivity contribution in [3.05, 3.63) is 64.4 Å². The highest BCUT2D eigenvalue weighted by Gasteiger charge is 2.43. The Labute approximate surface area is 157 Å². The Bertz CT molecular complexity index is 829. The summed E-state index contributed by atoms with van der Waals surface area (Å²) in [6.45, 7) is 2.62. The van der Waals surface area contributed by atoms with E-state index in [1.165, 1.54) is 0 Å². The summed E-state index contributed by atoms with van der Waals surface area (Å²) in [6.07, 6.45) is 2.83. The molecule has 0 spiro atoms. The molecule has 1 aromatic heterocycles. The van der Waals surface area contributed by atoms with E-state index in [0.717, 1.165) is 5.56 Å². The molecule has 0 bridgehead atoms. The van der Waals surface area contributed by atoms with Gasteiger partial charge in [0.2, 0.25) is 0 Å². The molecule has 26 heavy (non-hydrogen) atoms. The molecule has 2 heterocycles. The monoisotopic (exact) mass is 372 g/mol. The van der Waals surface area contributed by atoms with Gasteiger partial charge in [-0.15, -0.1) is 0 Å². The number of carboxylic acid groups (broad SMARTS) is 1. The first kappa shape index (κ1) is 18.4. The minimum Gasteiger partial charge on any atom is -0.481 e. The summed E-state index contributed by atoms with van der Waals surface area (Å²) in [5.74, 6) is -0.922. The number of carboxylic acids is 1. The Morgan fingerprint density at radius 1 is 1.19 bits per heavy atom. The number of aryl methyl sites for hydroxylation is 1. The van der Waals surface area contributed by atoms with Crippen molar-refractivity contribution < 1.29 is 14.7 Å². The van der Waals surface area contributed by atoms with Crippen molar-refractivity contribution in [1.29, 1.82) is 0 Å². The van der Waals surface area contributed by atoms with Crippen LogP contribution in [0.15, 0.2) is 42.6 Å². The Balaban J connectivity index is 1.76. The van der Waals surface area contributed by atoms with Crippen LogP contribution in [0.1, 0.15) is 34.5 Å². The largest absolute Gasteiger partial charge is 0.481 e. The molecule has 3 rings (SSSR count). The average Bonchev–Trinajstić information content (AvgIpc) is 2.64. The fraction of sp³-hybridized carbons (Fsp3) is 0.350. The van der Waals surface area contributed by atoms with Crippen molar-refractivity contribution in [2.45, 2.75) is 26.2 Å². The van der Waals surface area contributed by atoms with Gasteiger partial charge in [0, 0.05) is 30.0 Å². The normalized spacial score (nSPS) is 16.3. The van der Waals surface area contributed by atoms with Gasteiger partial charge in [0.25, 0.3) is 5.91 Å². The number of pyridine rings is 1. The summed E-state index contributed by atoms with van der Waals surface area (Å²) in [7, 11) is 0. The number of carbonyl (C=O) groups excluding carboxylic acids is 1. The number of nitrogens with zero attached hydrogens (tertiary/aromatic N) is 2. The number of amides is 1. The van der Waals surface area contributed by atoms with Crippen LogP contribution in [-0.2, 0) is 11.2 Å². The fourth-order valence-corrected chi connectivity index (χ4v) is 3.69. The Hall–Kier alpha value is -2.40. The number of hydrogen-bond donors (Lipinski definition) is 1. The topological polar surface area (TPSA) is 70.5 Å². The molecular weight excluding hydrogens is 352 g/mol. The lowest BCUT2D eigenvalue weighted by Crippen LogP contribution is -2.47. The Morgan fingerprint density at radius 2 is 1.88 bits per heavy atom. The second-order valence-corrected chi connectivity index (χ2v) is 7.19. The number of aliphatic carboxylic acids is 1. The highest BCUT2D eigenvalue weighted by atomic mass is 35.5. The summed E-state index contributed by atoms with van der Waals surface area (Å²) < 4.78 is 0. The SMILES string of the molecule is Cc1ncccc1C(=O)N1CCC(Cc2ccccc2Cl)(C(=O)O)CC1. The van der Waals surface area contributed by atoms with Gasteiger partial charge in [-0.25, -0.2) is 0 Å². The van der Waals surface area contributed by atoms with E-state index in [0.29, 0.717) is 48.6 Å². The van der Waals surface area contributed by atoms with E-state index >= 15 is 0 Å². The van der Waals surface area contributed by atoms with E-state index in [-0.39, 0.29) is 5.91 Å². The zero-order chi connectivity index (χ0) is 18.7. The zero-order valence-corrected chi connectivity index (χ0v) is 15.4. The van der Waals surface area contributed by atoms with E-state index in [2.05, 4.69) is 4.98 Å². The number of benzene rings is 1. The van der Waals surface area contributed by atoms with E-state index in [1.807, 2.05) is 18.2 Å². The van der Waals surface area contributed by atoms with E-state index in [4.69, 9.17) is 11.6 Å². The minimum atomic E-state index is -0.897. The highest BCUT2D eigenvalue weighted by Crippen LogP contribution is 2.37. The lowest BCUT2D eigenvalue weighted by molar-refractivity contribution is -0.151. The van der Waals surface area contributed by atoms with Gasteiger partial charge in [0.15, 0.2) is 0 Å². The first-order valence-electron chi connectivity index (χ1n) is 8.61. The van der Waals surface area contributed by atoms with Gasteiger partial charge in [-0.3, -0.25) is 14.6 Å². The maximum absolute atomic E-state index is 12.7. The molecule has 1 fully saturated rings. The molecule has 0 saturated carbocycles. The molecule has 2 aromatic rings. The van der Waals surface area contributed by atoms with Crippen LogP contribution < -0.4 is 0 Å². The number of likely N-dealkylation sites (tertiary alicyclic amines) is 1. The minimum absolute atomic E-state index is 0.0904. The summed E-state index contributed by atoms with van der Waals surface area (Å²) in [5.41, 5.74) is 1.19. The van der Waals surface area contributed by atoms with Crippen LogP contribution in [0.3, 0.4) is 0 Å². The molecule has 1 aromatic carbocycles. The zero-order valence-electron chi connectivity index (χ0n) is 14.6. The summed E-state index contributed by atoms with van der Waals surface area (Å²) in [4.78, 5) is 30.6. The maximum atomic E-state index is 12.7. The van der Waals surface area contributed by atoms with Crippen LogP contribution >= 0.6 is 11.6 Å². The van der Waals surface area contributed by atoms with Gasteiger partial charge >= 0.3 is 5.97 Å². The van der Waals surface area contributed by atoms with Gasteiger partial charge < -0.3 is 10.0 Å². The summed E-state index contributed by atoms with van der Waals surface area (Å²) >= 11 is 6.22. The third kappa shape index (κ3) is 3.58. The van der Waals surface area contributed by atoms with Gasteiger partial charge in [-0.2, -0.15) is 0 Å². The van der Waals surface area contributed by atoms with Crippen molar-refractivity contribution in [2.75, 3.05) is 13.1 Å². The van der Waals surface area contributed by atoms with Crippen molar-refractivity contribution in [3.8, 4) is 0 Å². The molecule has 1 aliphatic rings. The molecule has 0 unspecified atom stereocenters. The molecule has 1 amide bonds. The third-order valence-electron chi connectivity index (χ3n) is 5.19. The quantitative estimate of drug-likeness (QED) is 0.890. The fourth-order valence-electron chi connectivity index (χ4n) is 3.49. The van der Waals surface area contributed by atoms with Crippen molar-refractivity contribution in [2.24, 2.45) is 5.41 Å². The number of carbonyl (C=O) groups is 2. The maximum Gasteiger partial charge on any atom is 0.310 e. The van der Waals surface area contributed by atoms with Crippen LogP contribution in [0.25, 0.3) is 0 Å². The predicted molar refractivity (Wildman–Crippen MR) is 99.3 cm³/mol. The van der Waals surface area contributed by atoms with Gasteiger partial charge in [-0.05, 0) is 49.9 Å². The molecule has 6 heteroatoms. The van der Waals surface area contributed by atoms with Crippen LogP contribution in [0.4, 0.5) is 0 Å². The Morgan fingerprint density at radius 3 is 2.50 bits per heavy atom. The molecule has 1 N–H and O–H groups in total. The molecule has 5 nitrogen and oxygen atoms in total. The smallest absolute Gasteiger partial charge is 0.310 e. The van der Waals surface area contributed by atoms with Crippen LogP contribution in [-0.4, -0.2) is 40.0 Å². The second-order valence-electron chi connectivity index (χ2n) is 6.78. The number of rotatable bonds is 4. The first-order chi connectivity index (χ1) is 12.4. The molecule has 0 aliphatic carbocycles. The van der Waals surface area contributed by atoms with Crippen LogP contribution in [0, 0.1) is 12.3 Å². The molecule has 0 atom stereocenters. The highest BCUT2D eigenvalue weighted by molar-refractivity contribution is 6.31. The predicted octanol–water partition coefficient (Wildman–Crippen LogP) is 3.59.